The van der Waals surface area contributed by atoms with E-state index in [4.69, 9.17) is 46.4 Å². The molecule has 0 radical (unpaired) electrons. The normalized spacial score (nSPS) is 12.9. The Morgan fingerprint density at radius 1 is 0.878 bits per heavy atom. The third-order valence-corrected chi connectivity index (χ3v) is 9.03. The van der Waals surface area contributed by atoms with Crippen LogP contribution in [0.3, 0.4) is 0 Å². The van der Waals surface area contributed by atoms with E-state index in [9.17, 15) is 18.0 Å². The molecule has 3 aromatic carbocycles. The van der Waals surface area contributed by atoms with Crippen molar-refractivity contribution in [2.24, 2.45) is 0 Å². The van der Waals surface area contributed by atoms with E-state index in [0.29, 0.717) is 17.0 Å². The fourth-order valence-electron chi connectivity index (χ4n) is 4.10. The molecule has 0 saturated heterocycles. The Labute approximate surface area is 261 Å². The van der Waals surface area contributed by atoms with E-state index in [0.717, 1.165) is 16.1 Å². The molecule has 0 aliphatic rings. The first kappa shape index (κ1) is 33.0. The molecule has 0 heterocycles. The molecule has 0 bridgehead atoms. The minimum absolute atomic E-state index is 0.00868. The van der Waals surface area contributed by atoms with E-state index < -0.39 is 28.5 Å². The topological polar surface area (TPSA) is 86.8 Å². The van der Waals surface area contributed by atoms with E-state index in [1.807, 2.05) is 44.2 Å². The van der Waals surface area contributed by atoms with Crippen LogP contribution in [0, 0.1) is 0 Å². The van der Waals surface area contributed by atoms with Crippen LogP contribution in [0.25, 0.3) is 0 Å². The average molecular weight is 659 g/mol. The van der Waals surface area contributed by atoms with Gasteiger partial charge < -0.3 is 10.2 Å². The van der Waals surface area contributed by atoms with E-state index in [-0.39, 0.29) is 45.7 Å². The maximum Gasteiger partial charge on any atom is 0.244 e. The van der Waals surface area contributed by atoms with Crippen LogP contribution in [-0.2, 0) is 32.6 Å². The van der Waals surface area contributed by atoms with Crippen LogP contribution < -0.4 is 9.62 Å². The smallest absolute Gasteiger partial charge is 0.244 e. The third kappa shape index (κ3) is 9.00. The van der Waals surface area contributed by atoms with Gasteiger partial charge in [0.2, 0.25) is 21.8 Å². The summed E-state index contributed by atoms with van der Waals surface area (Å²) in [6, 6.07) is 17.7. The number of carbonyl (C=O) groups is 2. The Balaban J connectivity index is 2.11. The molecule has 41 heavy (non-hydrogen) atoms. The van der Waals surface area contributed by atoms with Gasteiger partial charge in [0, 0.05) is 24.0 Å². The summed E-state index contributed by atoms with van der Waals surface area (Å²) in [5.74, 6) is -1.01. The molecule has 3 rings (SSSR count). The van der Waals surface area contributed by atoms with Gasteiger partial charge in [-0.25, -0.2) is 8.42 Å². The van der Waals surface area contributed by atoms with Gasteiger partial charge in [-0.15, -0.1) is 0 Å². The summed E-state index contributed by atoms with van der Waals surface area (Å²) < 4.78 is 26.8. The number of halogens is 4. The number of nitrogens with one attached hydrogen (secondary N) is 1. The van der Waals surface area contributed by atoms with Crippen molar-refractivity contribution in [3.8, 4) is 0 Å². The summed E-state index contributed by atoms with van der Waals surface area (Å²) in [5.41, 5.74) is 1.40. The van der Waals surface area contributed by atoms with Crippen molar-refractivity contribution in [2.45, 2.75) is 45.3 Å². The van der Waals surface area contributed by atoms with Gasteiger partial charge in [0.05, 0.1) is 27.0 Å². The molecule has 220 valence electrons. The number of hydrogen-bond acceptors (Lipinski definition) is 4. The van der Waals surface area contributed by atoms with Crippen LogP contribution >= 0.6 is 46.4 Å². The maximum absolute atomic E-state index is 14.1. The van der Waals surface area contributed by atoms with E-state index >= 15 is 0 Å². The molecule has 0 aliphatic heterocycles. The van der Waals surface area contributed by atoms with Gasteiger partial charge in [0.25, 0.3) is 0 Å². The number of carbonyl (C=O) groups excluding carboxylic acids is 2. The molecule has 0 unspecified atom stereocenters. The third-order valence-electron chi connectivity index (χ3n) is 6.51. The summed E-state index contributed by atoms with van der Waals surface area (Å²) >= 11 is 25.0. The summed E-state index contributed by atoms with van der Waals surface area (Å²) in [7, 11) is -4.03. The first-order chi connectivity index (χ1) is 19.3. The first-order valence-corrected chi connectivity index (χ1v) is 16.2. The second-order valence-corrected chi connectivity index (χ2v) is 13.2. The standard InChI is InChI=1S/C29H31Cl4N3O4S/c1-4-19(2)34-29(38)27(14-20-10-6-5-7-11-20)35(17-21-12-8-9-13-22(21)30)28(37)18-36(41(3,39)40)26-16-24(32)23(31)15-25(26)33/h5-13,15-16,19,27H,4,14,17-18H2,1-3H3,(H,34,38)/t19-,27-/m0/s1. The molecule has 2 atom stereocenters. The largest absolute Gasteiger partial charge is 0.352 e. The highest BCUT2D eigenvalue weighted by Gasteiger charge is 2.34. The van der Waals surface area contributed by atoms with Gasteiger partial charge in [-0.3, -0.25) is 13.9 Å². The lowest BCUT2D eigenvalue weighted by Gasteiger charge is -2.34. The molecular weight excluding hydrogens is 628 g/mol. The summed E-state index contributed by atoms with van der Waals surface area (Å²) in [4.78, 5) is 29.2. The second kappa shape index (κ2) is 14.6. The summed E-state index contributed by atoms with van der Waals surface area (Å²) in [5, 5.41) is 3.56. The SMILES string of the molecule is CC[C@H](C)NC(=O)[C@H](Cc1ccccc1)N(Cc1ccccc1Cl)C(=O)CN(c1cc(Cl)c(Cl)cc1Cl)S(C)(=O)=O. The fourth-order valence-corrected chi connectivity index (χ4v) is 5.85. The van der Waals surface area contributed by atoms with Gasteiger partial charge in [-0.1, -0.05) is 102 Å². The molecule has 2 amide bonds. The number of anilines is 1. The zero-order valence-corrected chi connectivity index (χ0v) is 26.6. The zero-order chi connectivity index (χ0) is 30.3. The summed E-state index contributed by atoms with van der Waals surface area (Å²) in [6.45, 7) is 3.11. The van der Waals surface area contributed by atoms with E-state index in [2.05, 4.69) is 5.32 Å². The van der Waals surface area contributed by atoms with Crippen molar-refractivity contribution >= 4 is 73.9 Å². The van der Waals surface area contributed by atoms with Crippen molar-refractivity contribution in [1.29, 1.82) is 0 Å². The van der Waals surface area contributed by atoms with Crippen LogP contribution in [0.1, 0.15) is 31.4 Å². The molecule has 0 spiro atoms. The Morgan fingerprint density at radius 2 is 1.49 bits per heavy atom. The Bertz CT molecular complexity index is 1490. The highest BCUT2D eigenvalue weighted by atomic mass is 35.5. The molecule has 12 heteroatoms. The Morgan fingerprint density at radius 3 is 2.10 bits per heavy atom. The van der Waals surface area contributed by atoms with Crippen LogP contribution in [0.2, 0.25) is 20.1 Å². The number of rotatable bonds is 12. The van der Waals surface area contributed by atoms with Crippen molar-refractivity contribution in [2.75, 3.05) is 17.1 Å². The lowest BCUT2D eigenvalue weighted by Crippen LogP contribution is -2.54. The number of amides is 2. The molecule has 7 nitrogen and oxygen atoms in total. The zero-order valence-electron chi connectivity index (χ0n) is 22.8. The lowest BCUT2D eigenvalue weighted by atomic mass is 10.0. The average Bonchev–Trinajstić information content (AvgIpc) is 2.92. The van der Waals surface area contributed by atoms with Gasteiger partial charge in [0.15, 0.2) is 0 Å². The van der Waals surface area contributed by atoms with Crippen molar-refractivity contribution in [3.05, 3.63) is 97.9 Å². The van der Waals surface area contributed by atoms with E-state index in [1.54, 1.807) is 24.3 Å². The van der Waals surface area contributed by atoms with Crippen molar-refractivity contribution < 1.29 is 18.0 Å². The highest BCUT2D eigenvalue weighted by Crippen LogP contribution is 2.36. The first-order valence-electron chi connectivity index (χ1n) is 12.8. The number of benzene rings is 3. The molecular formula is C29H31Cl4N3O4S. The molecule has 0 saturated carbocycles. The van der Waals surface area contributed by atoms with Gasteiger partial charge in [0.1, 0.15) is 12.6 Å². The number of hydrogen-bond donors (Lipinski definition) is 1. The van der Waals surface area contributed by atoms with Crippen LogP contribution in [0.5, 0.6) is 0 Å². The Kier molecular flexibility index (Phi) is 11.8. The maximum atomic E-state index is 14.1. The second-order valence-electron chi connectivity index (χ2n) is 9.62. The quantitative estimate of drug-likeness (QED) is 0.222. The van der Waals surface area contributed by atoms with Gasteiger partial charge >= 0.3 is 0 Å². The lowest BCUT2D eigenvalue weighted by molar-refractivity contribution is -0.140. The van der Waals surface area contributed by atoms with Crippen molar-refractivity contribution in [1.82, 2.24) is 10.2 Å². The molecule has 1 N–H and O–H groups in total. The highest BCUT2D eigenvalue weighted by molar-refractivity contribution is 7.92. The van der Waals surface area contributed by atoms with Crippen molar-refractivity contribution in [3.63, 3.8) is 0 Å². The molecule has 0 aromatic heterocycles. The monoisotopic (exact) mass is 657 g/mol. The fraction of sp³-hybridized carbons (Fsp3) is 0.310. The van der Waals surface area contributed by atoms with Crippen LogP contribution in [0.15, 0.2) is 66.7 Å². The predicted octanol–water partition coefficient (Wildman–Crippen LogP) is 6.62. The molecule has 0 aliphatic carbocycles. The number of nitrogens with zero attached hydrogens (tertiary/aromatic N) is 2. The minimum atomic E-state index is -4.03. The minimum Gasteiger partial charge on any atom is -0.352 e. The van der Waals surface area contributed by atoms with E-state index in [1.165, 1.54) is 17.0 Å². The predicted molar refractivity (Wildman–Crippen MR) is 167 cm³/mol. The summed E-state index contributed by atoms with van der Waals surface area (Å²) in [6.07, 6.45) is 1.82. The Hall–Kier alpha value is -2.49. The number of sulfonamides is 1. The van der Waals surface area contributed by atoms with Crippen LogP contribution in [0.4, 0.5) is 5.69 Å². The van der Waals surface area contributed by atoms with Gasteiger partial charge in [-0.05, 0) is 42.7 Å². The van der Waals surface area contributed by atoms with Crippen LogP contribution in [-0.4, -0.2) is 50.0 Å². The molecule has 3 aromatic rings. The molecule has 0 fully saturated rings. The van der Waals surface area contributed by atoms with Gasteiger partial charge in [-0.2, -0.15) is 0 Å².